The first kappa shape index (κ1) is 62.4. The van der Waals surface area contributed by atoms with Crippen LogP contribution in [0.3, 0.4) is 0 Å². The standard InChI is InChI=1S/C59H112O5/c1-3-5-7-9-11-13-15-17-19-21-22-23-24-25-26-27-28-29-30-31-32-33-34-35-36-37-38-40-41-43-45-47-49-51-53-58(61)63-56-57(55-60)64-59(62)54-52-50-48-46-44-42-39-20-18-16-14-12-10-8-6-4-2/h14,16,20,39,57,60H,3-13,15,17-19,21-38,40-56H2,1-2H3/b16-14-,39-20-. The second-order valence-corrected chi connectivity index (χ2v) is 19.7. The van der Waals surface area contributed by atoms with E-state index in [0.717, 1.165) is 51.4 Å². The Bertz CT molecular complexity index is 974. The summed E-state index contributed by atoms with van der Waals surface area (Å²) >= 11 is 0. The van der Waals surface area contributed by atoms with E-state index in [-0.39, 0.29) is 25.2 Å². The van der Waals surface area contributed by atoms with Crippen LogP contribution in [0.1, 0.15) is 322 Å². The number of carbonyl (C=O) groups excluding carboxylic acids is 2. The van der Waals surface area contributed by atoms with E-state index in [1.54, 1.807) is 0 Å². The first-order chi connectivity index (χ1) is 31.6. The molecule has 0 aliphatic carbocycles. The third-order valence-electron chi connectivity index (χ3n) is 13.2. The number of allylic oxidation sites excluding steroid dienone is 4. The van der Waals surface area contributed by atoms with Gasteiger partial charge < -0.3 is 14.6 Å². The number of aliphatic hydroxyl groups excluding tert-OH is 1. The summed E-state index contributed by atoms with van der Waals surface area (Å²) in [6.07, 6.45) is 70.3. The molecule has 0 rings (SSSR count). The number of carbonyl (C=O) groups is 2. The summed E-state index contributed by atoms with van der Waals surface area (Å²) in [5.41, 5.74) is 0. The SMILES string of the molecule is CCCCCC/C=C\C/C=C\CCCCCCCC(=O)OC(CO)COC(=O)CCCCCCCCCCCCCCCCCCCCCCCCCCCCCCCCCCCC. The first-order valence-electron chi connectivity index (χ1n) is 28.9. The van der Waals surface area contributed by atoms with Crippen LogP contribution in [0.2, 0.25) is 0 Å². The monoisotopic (exact) mass is 901 g/mol. The molecule has 1 N–H and O–H groups in total. The van der Waals surface area contributed by atoms with E-state index in [1.165, 1.54) is 244 Å². The van der Waals surface area contributed by atoms with Crippen molar-refractivity contribution in [2.45, 2.75) is 328 Å². The molecule has 0 aromatic carbocycles. The van der Waals surface area contributed by atoms with Gasteiger partial charge in [-0.05, 0) is 44.9 Å². The molecule has 0 aliphatic heterocycles. The fourth-order valence-electron chi connectivity index (χ4n) is 8.88. The minimum atomic E-state index is -0.776. The summed E-state index contributed by atoms with van der Waals surface area (Å²) < 4.78 is 10.7. The summed E-state index contributed by atoms with van der Waals surface area (Å²) in [5, 5.41) is 9.63. The molecule has 0 saturated heterocycles. The number of hydrogen-bond donors (Lipinski definition) is 1. The fourth-order valence-corrected chi connectivity index (χ4v) is 8.88. The van der Waals surface area contributed by atoms with Gasteiger partial charge in [0.05, 0.1) is 6.61 Å². The van der Waals surface area contributed by atoms with Crippen molar-refractivity contribution in [3.8, 4) is 0 Å². The summed E-state index contributed by atoms with van der Waals surface area (Å²) in [4.78, 5) is 24.5. The highest BCUT2D eigenvalue weighted by atomic mass is 16.6. The molecule has 64 heavy (non-hydrogen) atoms. The van der Waals surface area contributed by atoms with Crippen molar-refractivity contribution in [2.24, 2.45) is 0 Å². The minimum Gasteiger partial charge on any atom is -0.462 e. The van der Waals surface area contributed by atoms with Gasteiger partial charge in [0.15, 0.2) is 6.10 Å². The van der Waals surface area contributed by atoms with Gasteiger partial charge >= 0.3 is 11.9 Å². The van der Waals surface area contributed by atoms with Gasteiger partial charge in [-0.15, -0.1) is 0 Å². The number of rotatable bonds is 54. The molecule has 5 nitrogen and oxygen atoms in total. The molecule has 0 aliphatic rings. The maximum Gasteiger partial charge on any atom is 0.306 e. The van der Waals surface area contributed by atoms with Crippen LogP contribution in [-0.4, -0.2) is 36.4 Å². The van der Waals surface area contributed by atoms with E-state index in [4.69, 9.17) is 9.47 Å². The van der Waals surface area contributed by atoms with Crippen LogP contribution in [0.5, 0.6) is 0 Å². The molecule has 0 amide bonds. The minimum absolute atomic E-state index is 0.0665. The molecular weight excluding hydrogens is 789 g/mol. The van der Waals surface area contributed by atoms with Crippen molar-refractivity contribution in [1.82, 2.24) is 0 Å². The van der Waals surface area contributed by atoms with Crippen molar-refractivity contribution >= 4 is 11.9 Å². The molecule has 0 bridgehead atoms. The zero-order chi connectivity index (χ0) is 46.3. The maximum absolute atomic E-state index is 12.2. The summed E-state index contributed by atoms with van der Waals surface area (Å²) in [7, 11) is 0. The Morgan fingerprint density at radius 2 is 0.625 bits per heavy atom. The molecule has 0 aromatic rings. The van der Waals surface area contributed by atoms with E-state index in [9.17, 15) is 14.7 Å². The Balaban J connectivity index is 3.38. The van der Waals surface area contributed by atoms with Crippen LogP contribution in [0, 0.1) is 0 Å². The first-order valence-corrected chi connectivity index (χ1v) is 28.9. The van der Waals surface area contributed by atoms with Crippen molar-refractivity contribution in [1.29, 1.82) is 0 Å². The Hall–Kier alpha value is -1.62. The predicted octanol–water partition coefficient (Wildman–Crippen LogP) is 19.3. The van der Waals surface area contributed by atoms with Gasteiger partial charge in [-0.2, -0.15) is 0 Å². The highest BCUT2D eigenvalue weighted by molar-refractivity contribution is 5.70. The Kier molecular flexibility index (Phi) is 54.3. The number of hydrogen-bond acceptors (Lipinski definition) is 5. The van der Waals surface area contributed by atoms with Crippen molar-refractivity contribution in [3.05, 3.63) is 24.3 Å². The van der Waals surface area contributed by atoms with Crippen molar-refractivity contribution in [2.75, 3.05) is 13.2 Å². The van der Waals surface area contributed by atoms with Crippen molar-refractivity contribution < 1.29 is 24.2 Å². The molecule has 5 heteroatoms. The molecule has 0 saturated carbocycles. The Morgan fingerprint density at radius 1 is 0.359 bits per heavy atom. The second-order valence-electron chi connectivity index (χ2n) is 19.7. The zero-order valence-electron chi connectivity index (χ0n) is 43.3. The molecule has 0 aromatic heterocycles. The largest absolute Gasteiger partial charge is 0.462 e. The molecule has 1 unspecified atom stereocenters. The lowest BCUT2D eigenvalue weighted by Crippen LogP contribution is -2.28. The smallest absolute Gasteiger partial charge is 0.306 e. The van der Waals surface area contributed by atoms with Crippen molar-refractivity contribution in [3.63, 3.8) is 0 Å². The number of unbranched alkanes of at least 4 members (excludes halogenated alkanes) is 42. The van der Waals surface area contributed by atoms with Gasteiger partial charge in [-0.1, -0.05) is 289 Å². The lowest BCUT2D eigenvalue weighted by atomic mass is 10.0. The molecule has 0 heterocycles. The molecule has 0 fully saturated rings. The Morgan fingerprint density at radius 3 is 0.938 bits per heavy atom. The fraction of sp³-hybridized carbons (Fsp3) is 0.898. The molecule has 0 radical (unpaired) electrons. The maximum atomic E-state index is 12.2. The van der Waals surface area contributed by atoms with Gasteiger partial charge in [-0.3, -0.25) is 9.59 Å². The van der Waals surface area contributed by atoms with Crippen LogP contribution < -0.4 is 0 Å². The number of aliphatic hydroxyl groups is 1. The van der Waals surface area contributed by atoms with Gasteiger partial charge in [0.25, 0.3) is 0 Å². The topological polar surface area (TPSA) is 72.8 Å². The van der Waals surface area contributed by atoms with Crippen LogP contribution >= 0.6 is 0 Å². The number of ether oxygens (including phenoxy) is 2. The van der Waals surface area contributed by atoms with E-state index in [2.05, 4.69) is 38.2 Å². The van der Waals surface area contributed by atoms with E-state index < -0.39 is 6.10 Å². The molecule has 0 spiro atoms. The third-order valence-corrected chi connectivity index (χ3v) is 13.2. The van der Waals surface area contributed by atoms with Crippen LogP contribution in [0.4, 0.5) is 0 Å². The van der Waals surface area contributed by atoms with Gasteiger partial charge in [-0.25, -0.2) is 0 Å². The average molecular weight is 902 g/mol. The number of esters is 2. The van der Waals surface area contributed by atoms with E-state index in [1.807, 2.05) is 0 Å². The highest BCUT2D eigenvalue weighted by Gasteiger charge is 2.16. The normalized spacial score (nSPS) is 12.2. The van der Waals surface area contributed by atoms with Crippen LogP contribution in [-0.2, 0) is 19.1 Å². The Labute approximate surface area is 400 Å². The van der Waals surface area contributed by atoms with Gasteiger partial charge in [0.2, 0.25) is 0 Å². The zero-order valence-corrected chi connectivity index (χ0v) is 43.3. The quantitative estimate of drug-likeness (QED) is 0.0374. The summed E-state index contributed by atoms with van der Waals surface area (Å²) in [5.74, 6) is -0.590. The predicted molar refractivity (Wildman–Crippen MR) is 279 cm³/mol. The lowest BCUT2D eigenvalue weighted by molar-refractivity contribution is -0.161. The van der Waals surface area contributed by atoms with Crippen LogP contribution in [0.25, 0.3) is 0 Å². The molecule has 1 atom stereocenters. The third kappa shape index (κ3) is 53.0. The highest BCUT2D eigenvalue weighted by Crippen LogP contribution is 2.18. The van der Waals surface area contributed by atoms with Gasteiger partial charge in [0, 0.05) is 12.8 Å². The van der Waals surface area contributed by atoms with Gasteiger partial charge in [0.1, 0.15) is 6.61 Å². The second kappa shape index (κ2) is 55.7. The van der Waals surface area contributed by atoms with E-state index in [0.29, 0.717) is 12.8 Å². The summed E-state index contributed by atoms with van der Waals surface area (Å²) in [6, 6.07) is 0. The van der Waals surface area contributed by atoms with Crippen LogP contribution in [0.15, 0.2) is 24.3 Å². The average Bonchev–Trinajstić information content (AvgIpc) is 3.30. The van der Waals surface area contributed by atoms with E-state index >= 15 is 0 Å². The molecular formula is C59H112O5. The lowest BCUT2D eigenvalue weighted by Gasteiger charge is -2.15. The summed E-state index contributed by atoms with van der Waals surface area (Å²) in [6.45, 7) is 4.15. The molecule has 378 valence electrons.